The van der Waals surface area contributed by atoms with E-state index < -0.39 is 0 Å². The van der Waals surface area contributed by atoms with Crippen LogP contribution in [0.2, 0.25) is 5.02 Å². The first-order chi connectivity index (χ1) is 14.5. The van der Waals surface area contributed by atoms with E-state index in [1.807, 2.05) is 48.5 Å². The molecule has 3 aromatic rings. The van der Waals surface area contributed by atoms with Gasteiger partial charge in [0.1, 0.15) is 12.4 Å². The predicted octanol–water partition coefficient (Wildman–Crippen LogP) is 6.92. The minimum Gasteiger partial charge on any atom is -0.488 e. The third kappa shape index (κ3) is 4.61. The van der Waals surface area contributed by atoms with E-state index in [1.54, 1.807) is 30.3 Å². The molecule has 0 aromatic heterocycles. The Morgan fingerprint density at radius 2 is 1.80 bits per heavy atom. The van der Waals surface area contributed by atoms with Crippen LogP contribution in [0.4, 0.5) is 10.5 Å². The molecule has 1 heterocycles. The summed E-state index contributed by atoms with van der Waals surface area (Å²) in [5.74, 6) is 0.234. The molecular weight excluding hydrogens is 486 g/mol. The van der Waals surface area contributed by atoms with Crippen LogP contribution in [-0.2, 0) is 11.4 Å². The van der Waals surface area contributed by atoms with Gasteiger partial charge < -0.3 is 4.74 Å². The van der Waals surface area contributed by atoms with Crippen molar-refractivity contribution in [2.75, 3.05) is 4.90 Å². The van der Waals surface area contributed by atoms with Crippen LogP contribution in [0.25, 0.3) is 6.08 Å². The van der Waals surface area contributed by atoms with Gasteiger partial charge in [-0.1, -0.05) is 63.9 Å². The molecule has 1 fully saturated rings. The summed E-state index contributed by atoms with van der Waals surface area (Å²) in [5.41, 5.74) is 2.19. The number of rotatable bonds is 5. The number of hydrogen-bond donors (Lipinski definition) is 0. The average molecular weight is 501 g/mol. The Labute approximate surface area is 191 Å². The van der Waals surface area contributed by atoms with E-state index in [-0.39, 0.29) is 11.1 Å². The lowest BCUT2D eigenvalue weighted by atomic mass is 10.1. The first kappa shape index (κ1) is 20.7. The summed E-state index contributed by atoms with van der Waals surface area (Å²) in [7, 11) is 0. The normalized spacial score (nSPS) is 15.1. The number of carbonyl (C=O) groups excluding carboxylic acids is 2. The number of amides is 2. The van der Waals surface area contributed by atoms with Crippen LogP contribution >= 0.6 is 39.3 Å². The third-order valence-corrected chi connectivity index (χ3v) is 5.95. The van der Waals surface area contributed by atoms with Crippen molar-refractivity contribution in [2.45, 2.75) is 6.61 Å². The van der Waals surface area contributed by atoms with Gasteiger partial charge in [-0.05, 0) is 59.8 Å². The van der Waals surface area contributed by atoms with Crippen molar-refractivity contribution in [3.63, 3.8) is 0 Å². The highest BCUT2D eigenvalue weighted by molar-refractivity contribution is 9.10. The van der Waals surface area contributed by atoms with Crippen molar-refractivity contribution >= 4 is 62.2 Å². The van der Waals surface area contributed by atoms with Gasteiger partial charge in [0.25, 0.3) is 11.1 Å². The van der Waals surface area contributed by atoms with Crippen LogP contribution in [-0.4, -0.2) is 11.1 Å². The van der Waals surface area contributed by atoms with Crippen LogP contribution in [0.5, 0.6) is 5.75 Å². The summed E-state index contributed by atoms with van der Waals surface area (Å²) >= 11 is 10.4. The molecule has 7 heteroatoms. The van der Waals surface area contributed by atoms with Gasteiger partial charge in [-0.3, -0.25) is 9.59 Å². The number of imide groups is 1. The van der Waals surface area contributed by atoms with Crippen molar-refractivity contribution in [3.8, 4) is 5.75 Å². The number of anilines is 1. The Kier molecular flexibility index (Phi) is 6.27. The molecule has 0 saturated carbocycles. The van der Waals surface area contributed by atoms with Crippen molar-refractivity contribution in [3.05, 3.63) is 98.3 Å². The molecule has 0 unspecified atom stereocenters. The van der Waals surface area contributed by atoms with Crippen molar-refractivity contribution in [1.82, 2.24) is 0 Å². The minimum atomic E-state index is -0.388. The molecule has 0 N–H and O–H groups in total. The number of halogens is 2. The molecular formula is C23H15BrClNO3S. The number of carbonyl (C=O) groups is 2. The maximum atomic E-state index is 12.9. The van der Waals surface area contributed by atoms with Gasteiger partial charge in [0.05, 0.1) is 10.6 Å². The molecule has 4 nitrogen and oxygen atoms in total. The first-order valence-electron chi connectivity index (χ1n) is 9.01. The molecule has 0 radical (unpaired) electrons. The van der Waals surface area contributed by atoms with E-state index in [2.05, 4.69) is 15.9 Å². The molecule has 3 aromatic carbocycles. The molecule has 150 valence electrons. The number of ether oxygens (including phenoxy) is 1. The van der Waals surface area contributed by atoms with Crippen LogP contribution in [0.1, 0.15) is 11.1 Å². The smallest absolute Gasteiger partial charge is 0.298 e. The number of thioether (sulfide) groups is 1. The Morgan fingerprint density at radius 1 is 1.00 bits per heavy atom. The van der Waals surface area contributed by atoms with E-state index in [4.69, 9.17) is 16.3 Å². The lowest BCUT2D eigenvalue weighted by molar-refractivity contribution is -0.113. The zero-order chi connectivity index (χ0) is 21.1. The van der Waals surface area contributed by atoms with Crippen LogP contribution in [0, 0.1) is 0 Å². The average Bonchev–Trinajstić information content (AvgIpc) is 3.01. The fraction of sp³-hybridized carbons (Fsp3) is 0.0435. The van der Waals surface area contributed by atoms with Gasteiger partial charge in [0, 0.05) is 15.1 Å². The van der Waals surface area contributed by atoms with Gasteiger partial charge in [0.2, 0.25) is 0 Å². The lowest BCUT2D eigenvalue weighted by Crippen LogP contribution is -2.27. The molecule has 0 spiro atoms. The summed E-state index contributed by atoms with van der Waals surface area (Å²) < 4.78 is 6.82. The summed E-state index contributed by atoms with van der Waals surface area (Å²) in [6.45, 7) is 0.396. The highest BCUT2D eigenvalue weighted by Gasteiger charge is 2.36. The number of nitrogens with zero attached hydrogens (tertiary/aromatic N) is 1. The Balaban J connectivity index is 1.62. The highest BCUT2D eigenvalue weighted by Crippen LogP contribution is 2.38. The summed E-state index contributed by atoms with van der Waals surface area (Å²) in [4.78, 5) is 26.9. The summed E-state index contributed by atoms with van der Waals surface area (Å²) in [5, 5.41) is 0.0920. The van der Waals surface area contributed by atoms with Crippen LogP contribution < -0.4 is 9.64 Å². The highest BCUT2D eigenvalue weighted by atomic mass is 79.9. The summed E-state index contributed by atoms with van der Waals surface area (Å²) in [6, 6.07) is 22.0. The molecule has 0 atom stereocenters. The second kappa shape index (κ2) is 9.08. The molecule has 1 aliphatic heterocycles. The van der Waals surface area contributed by atoms with Gasteiger partial charge in [-0.2, -0.15) is 0 Å². The monoisotopic (exact) mass is 499 g/mol. The Hall–Kier alpha value is -2.54. The summed E-state index contributed by atoms with van der Waals surface area (Å²) in [6.07, 6.45) is 1.68. The molecule has 0 bridgehead atoms. The number of benzene rings is 3. The topological polar surface area (TPSA) is 46.6 Å². The van der Waals surface area contributed by atoms with E-state index >= 15 is 0 Å². The van der Waals surface area contributed by atoms with Gasteiger partial charge >= 0.3 is 0 Å². The van der Waals surface area contributed by atoms with Gasteiger partial charge in [-0.15, -0.1) is 0 Å². The SMILES string of the molecule is O=C1S/C(=C/c2cc(Br)ccc2OCc2ccccc2)C(=O)N1c1cccc(Cl)c1. The molecule has 0 aliphatic carbocycles. The zero-order valence-electron chi connectivity index (χ0n) is 15.5. The Bertz CT molecular complexity index is 1150. The van der Waals surface area contributed by atoms with E-state index in [0.717, 1.165) is 26.7 Å². The lowest BCUT2D eigenvalue weighted by Gasteiger charge is -2.12. The van der Waals surface area contributed by atoms with Gasteiger partial charge in [-0.25, -0.2) is 4.90 Å². The zero-order valence-corrected chi connectivity index (χ0v) is 18.7. The van der Waals surface area contributed by atoms with Crippen molar-refractivity contribution in [2.24, 2.45) is 0 Å². The largest absolute Gasteiger partial charge is 0.488 e. The van der Waals surface area contributed by atoms with Gasteiger partial charge in [0.15, 0.2) is 0 Å². The van der Waals surface area contributed by atoms with Crippen molar-refractivity contribution < 1.29 is 14.3 Å². The van der Waals surface area contributed by atoms with Crippen LogP contribution in [0.3, 0.4) is 0 Å². The fourth-order valence-corrected chi connectivity index (χ4v) is 4.34. The van der Waals surface area contributed by atoms with E-state index in [9.17, 15) is 9.59 Å². The third-order valence-electron chi connectivity index (χ3n) is 4.36. The minimum absolute atomic E-state index is 0.322. The second-order valence-corrected chi connectivity index (χ2v) is 8.80. The molecule has 30 heavy (non-hydrogen) atoms. The maximum absolute atomic E-state index is 12.9. The molecule has 1 saturated heterocycles. The Morgan fingerprint density at radius 3 is 2.57 bits per heavy atom. The fourth-order valence-electron chi connectivity index (χ4n) is 2.95. The predicted molar refractivity (Wildman–Crippen MR) is 125 cm³/mol. The molecule has 1 aliphatic rings. The van der Waals surface area contributed by atoms with E-state index in [1.165, 1.54) is 0 Å². The standard InChI is InChI=1S/C23H15BrClNO3S/c24-17-9-10-20(29-14-15-5-2-1-3-6-15)16(11-17)12-21-22(27)26(23(28)30-21)19-8-4-7-18(25)13-19/h1-13H,14H2/b21-12+. The molecule has 2 amide bonds. The second-order valence-electron chi connectivity index (χ2n) is 6.45. The molecule has 4 rings (SSSR count). The van der Waals surface area contributed by atoms with Crippen molar-refractivity contribution in [1.29, 1.82) is 0 Å². The quantitative estimate of drug-likeness (QED) is 0.357. The first-order valence-corrected chi connectivity index (χ1v) is 11.0. The number of hydrogen-bond acceptors (Lipinski definition) is 4. The van der Waals surface area contributed by atoms with E-state index in [0.29, 0.717) is 33.5 Å². The van der Waals surface area contributed by atoms with Crippen LogP contribution in [0.15, 0.2) is 82.2 Å². The maximum Gasteiger partial charge on any atom is 0.298 e.